The molecule has 2 aromatic rings. The molecule has 0 saturated heterocycles. The molecule has 0 spiro atoms. The number of methoxy groups -OCH3 is 1. The van der Waals surface area contributed by atoms with Crippen LogP contribution < -0.4 is 16.3 Å². The predicted molar refractivity (Wildman–Crippen MR) is 89.6 cm³/mol. The van der Waals surface area contributed by atoms with Crippen molar-refractivity contribution in [2.24, 2.45) is 7.05 Å². The van der Waals surface area contributed by atoms with E-state index in [4.69, 9.17) is 4.74 Å². The van der Waals surface area contributed by atoms with Crippen molar-refractivity contribution < 1.29 is 9.53 Å². The van der Waals surface area contributed by atoms with Crippen LogP contribution in [0.4, 0.5) is 0 Å². The lowest BCUT2D eigenvalue weighted by Crippen LogP contribution is -2.34. The van der Waals surface area contributed by atoms with E-state index in [0.29, 0.717) is 26.2 Å². The van der Waals surface area contributed by atoms with Crippen LogP contribution >= 0.6 is 0 Å². The summed E-state index contributed by atoms with van der Waals surface area (Å²) in [6, 6.07) is 7.59. The molecule has 0 radical (unpaired) electrons. The normalized spacial score (nSPS) is 11.0. The molecule has 0 aliphatic heterocycles. The van der Waals surface area contributed by atoms with Crippen LogP contribution in [0.1, 0.15) is 6.42 Å². The Morgan fingerprint density at radius 3 is 2.65 bits per heavy atom. The third-order valence-electron chi connectivity index (χ3n) is 3.72. The minimum absolute atomic E-state index is 0.0571. The van der Waals surface area contributed by atoms with Crippen molar-refractivity contribution in [3.05, 3.63) is 34.7 Å². The summed E-state index contributed by atoms with van der Waals surface area (Å²) in [5.41, 5.74) is 1.63. The fourth-order valence-electron chi connectivity index (χ4n) is 2.47. The van der Waals surface area contributed by atoms with Gasteiger partial charge in [0.05, 0.1) is 17.6 Å². The predicted octanol–water partition coefficient (Wildman–Crippen LogP) is 0.0823. The number of hydrogen-bond donors (Lipinski definition) is 2. The van der Waals surface area contributed by atoms with Gasteiger partial charge >= 0.3 is 5.69 Å². The van der Waals surface area contributed by atoms with Gasteiger partial charge in [-0.05, 0) is 12.1 Å². The average Bonchev–Trinajstić information content (AvgIpc) is 2.81. The summed E-state index contributed by atoms with van der Waals surface area (Å²) in [6.45, 7) is 3.05. The fourth-order valence-corrected chi connectivity index (χ4v) is 2.47. The van der Waals surface area contributed by atoms with Crippen LogP contribution in [0.2, 0.25) is 0 Å². The highest BCUT2D eigenvalue weighted by Crippen LogP contribution is 2.11. The monoisotopic (exact) mass is 320 g/mol. The van der Waals surface area contributed by atoms with Gasteiger partial charge in [-0.25, -0.2) is 4.79 Å². The minimum Gasteiger partial charge on any atom is -0.383 e. The van der Waals surface area contributed by atoms with E-state index < -0.39 is 0 Å². The molecule has 1 amide bonds. The van der Waals surface area contributed by atoms with E-state index in [1.54, 1.807) is 23.3 Å². The number of imidazole rings is 1. The Balaban J connectivity index is 1.83. The Morgan fingerprint density at radius 1 is 1.17 bits per heavy atom. The molecule has 23 heavy (non-hydrogen) atoms. The molecule has 2 N–H and O–H groups in total. The Morgan fingerprint density at radius 2 is 1.91 bits per heavy atom. The second-order valence-corrected chi connectivity index (χ2v) is 5.32. The number of nitrogens with zero attached hydrogens (tertiary/aromatic N) is 2. The van der Waals surface area contributed by atoms with Gasteiger partial charge in [0.15, 0.2) is 0 Å². The minimum atomic E-state index is -0.0970. The number of benzene rings is 1. The first kappa shape index (κ1) is 17.2. The van der Waals surface area contributed by atoms with Gasteiger partial charge in [0.1, 0.15) is 0 Å². The number of amides is 1. The first-order chi connectivity index (χ1) is 11.1. The van der Waals surface area contributed by atoms with Crippen molar-refractivity contribution in [2.45, 2.75) is 13.0 Å². The molecule has 126 valence electrons. The van der Waals surface area contributed by atoms with Crippen LogP contribution in [0.15, 0.2) is 29.1 Å². The number of nitrogens with one attached hydrogen (secondary N) is 2. The molecule has 1 aromatic carbocycles. The highest BCUT2D eigenvalue weighted by atomic mass is 16.5. The zero-order valence-corrected chi connectivity index (χ0v) is 13.7. The van der Waals surface area contributed by atoms with Crippen molar-refractivity contribution in [3.8, 4) is 0 Å². The largest absolute Gasteiger partial charge is 0.383 e. The summed E-state index contributed by atoms with van der Waals surface area (Å²) in [5, 5.41) is 5.99. The van der Waals surface area contributed by atoms with Crippen molar-refractivity contribution in [2.75, 3.05) is 33.4 Å². The smallest absolute Gasteiger partial charge is 0.328 e. The molecule has 0 fully saturated rings. The molecule has 0 bridgehead atoms. The molecule has 1 heterocycles. The second kappa shape index (κ2) is 8.50. The number of aromatic nitrogens is 2. The van der Waals surface area contributed by atoms with Crippen LogP contribution in [-0.4, -0.2) is 48.4 Å². The van der Waals surface area contributed by atoms with Gasteiger partial charge in [-0.15, -0.1) is 0 Å². The number of hydrogen-bond acceptors (Lipinski definition) is 4. The van der Waals surface area contributed by atoms with Gasteiger partial charge in [0, 0.05) is 46.8 Å². The van der Waals surface area contributed by atoms with Crippen LogP contribution in [-0.2, 0) is 23.1 Å². The maximum atomic E-state index is 12.2. The molecule has 1 aromatic heterocycles. The van der Waals surface area contributed by atoms with Crippen molar-refractivity contribution in [1.29, 1.82) is 0 Å². The number of rotatable bonds is 9. The number of ether oxygens (including phenoxy) is 1. The summed E-state index contributed by atoms with van der Waals surface area (Å²) < 4.78 is 8.17. The molecule has 0 aliphatic carbocycles. The molecule has 0 saturated carbocycles. The number of aryl methyl sites for hydroxylation is 2. The Bertz CT molecular complexity index is 705. The quantitative estimate of drug-likeness (QED) is 0.642. The Hall–Kier alpha value is -2.12. The van der Waals surface area contributed by atoms with E-state index in [0.717, 1.165) is 17.6 Å². The van der Waals surface area contributed by atoms with Crippen molar-refractivity contribution in [1.82, 2.24) is 19.8 Å². The summed E-state index contributed by atoms with van der Waals surface area (Å²) in [5.74, 6) is -0.0571. The summed E-state index contributed by atoms with van der Waals surface area (Å²) >= 11 is 0. The van der Waals surface area contributed by atoms with E-state index in [9.17, 15) is 9.59 Å². The van der Waals surface area contributed by atoms with Gasteiger partial charge in [0.2, 0.25) is 5.91 Å². The maximum Gasteiger partial charge on any atom is 0.328 e. The fraction of sp³-hybridized carbons (Fsp3) is 0.500. The summed E-state index contributed by atoms with van der Waals surface area (Å²) in [7, 11) is 3.39. The van der Waals surface area contributed by atoms with E-state index >= 15 is 0 Å². The third-order valence-corrected chi connectivity index (χ3v) is 3.72. The number of carbonyl (C=O) groups excluding carboxylic acids is 1. The number of para-hydroxylation sites is 2. The van der Waals surface area contributed by atoms with Crippen LogP contribution in [0.5, 0.6) is 0 Å². The lowest BCUT2D eigenvalue weighted by Gasteiger charge is -2.07. The average molecular weight is 320 g/mol. The van der Waals surface area contributed by atoms with Crippen molar-refractivity contribution in [3.63, 3.8) is 0 Å². The van der Waals surface area contributed by atoms with Gasteiger partial charge in [0.25, 0.3) is 0 Å². The lowest BCUT2D eigenvalue weighted by atomic mass is 10.3. The molecule has 2 rings (SSSR count). The molecular formula is C16H24N4O3. The zero-order chi connectivity index (χ0) is 16.7. The van der Waals surface area contributed by atoms with Gasteiger partial charge < -0.3 is 15.4 Å². The highest BCUT2D eigenvalue weighted by molar-refractivity contribution is 5.77. The van der Waals surface area contributed by atoms with E-state index in [2.05, 4.69) is 10.6 Å². The van der Waals surface area contributed by atoms with E-state index in [1.165, 1.54) is 0 Å². The lowest BCUT2D eigenvalue weighted by molar-refractivity contribution is -0.121. The second-order valence-electron chi connectivity index (χ2n) is 5.32. The Labute approximate surface area is 135 Å². The number of carbonyl (C=O) groups is 1. The van der Waals surface area contributed by atoms with Gasteiger partial charge in [-0.3, -0.25) is 13.9 Å². The van der Waals surface area contributed by atoms with Crippen LogP contribution in [0, 0.1) is 0 Å². The standard InChI is InChI=1S/C16H24N4O3/c1-19-13-5-3-4-6-14(13)20(16(19)22)11-7-15(21)18-9-8-17-10-12-23-2/h3-6,17H,7-12H2,1-2H3,(H,18,21). The van der Waals surface area contributed by atoms with Gasteiger partial charge in [-0.2, -0.15) is 0 Å². The number of fused-ring (bicyclic) bond motifs is 1. The summed E-state index contributed by atoms with van der Waals surface area (Å²) in [4.78, 5) is 24.1. The third kappa shape index (κ3) is 4.43. The molecule has 0 unspecified atom stereocenters. The van der Waals surface area contributed by atoms with Crippen LogP contribution in [0.25, 0.3) is 11.0 Å². The van der Waals surface area contributed by atoms with Gasteiger partial charge in [-0.1, -0.05) is 12.1 Å². The molecule has 7 heteroatoms. The summed E-state index contributed by atoms with van der Waals surface area (Å²) in [6.07, 6.45) is 0.284. The first-order valence-electron chi connectivity index (χ1n) is 7.75. The highest BCUT2D eigenvalue weighted by Gasteiger charge is 2.11. The zero-order valence-electron chi connectivity index (χ0n) is 13.7. The van der Waals surface area contributed by atoms with Crippen LogP contribution in [0.3, 0.4) is 0 Å². The molecule has 0 atom stereocenters. The molecular weight excluding hydrogens is 296 g/mol. The SMILES string of the molecule is COCCNCCNC(=O)CCn1c(=O)n(C)c2ccccc21. The topological polar surface area (TPSA) is 77.3 Å². The van der Waals surface area contributed by atoms with E-state index in [1.807, 2.05) is 24.3 Å². The Kier molecular flexibility index (Phi) is 6.37. The maximum absolute atomic E-state index is 12.2. The van der Waals surface area contributed by atoms with E-state index in [-0.39, 0.29) is 18.0 Å². The molecule has 0 aliphatic rings. The first-order valence-corrected chi connectivity index (χ1v) is 7.75. The molecule has 7 nitrogen and oxygen atoms in total. The van der Waals surface area contributed by atoms with Crippen molar-refractivity contribution >= 4 is 16.9 Å².